The van der Waals surface area contributed by atoms with E-state index in [1.165, 1.54) is 0 Å². The first-order valence-electron chi connectivity index (χ1n) is 3.00. The molecule has 1 rings (SSSR count). The molecule has 1 unspecified atom stereocenters. The highest BCUT2D eigenvalue weighted by molar-refractivity contribution is 5.60. The summed E-state index contributed by atoms with van der Waals surface area (Å²) in [7, 11) is 0. The van der Waals surface area contributed by atoms with Crippen LogP contribution < -0.4 is 5.32 Å². The lowest BCUT2D eigenvalue weighted by Gasteiger charge is -2.16. The fourth-order valence-electron chi connectivity index (χ4n) is 0.777. The van der Waals surface area contributed by atoms with E-state index < -0.39 is 0 Å². The molecule has 0 aromatic rings. The lowest BCUT2D eigenvalue weighted by atomic mass is 10.0. The van der Waals surface area contributed by atoms with Gasteiger partial charge in [-0.1, -0.05) is 6.92 Å². The van der Waals surface area contributed by atoms with Crippen LogP contribution in [-0.4, -0.2) is 18.4 Å². The topological polar surface area (TPSA) is 48.2 Å². The number of nitriles is 1. The van der Waals surface area contributed by atoms with Crippen molar-refractivity contribution < 1.29 is 0 Å². The lowest BCUT2D eigenvalue weighted by molar-refractivity contribution is 0.513. The number of nitrogens with zero attached hydrogens (tertiary/aromatic N) is 2. The quantitative estimate of drug-likeness (QED) is 0.544. The van der Waals surface area contributed by atoms with Gasteiger partial charge in [0.05, 0.1) is 19.0 Å². The minimum absolute atomic E-state index is 0.389. The summed E-state index contributed by atoms with van der Waals surface area (Å²) in [5, 5.41) is 11.5. The van der Waals surface area contributed by atoms with Crippen molar-refractivity contribution in [2.45, 2.75) is 18.9 Å². The summed E-state index contributed by atoms with van der Waals surface area (Å²) < 4.78 is 0. The SMILES string of the molecule is CCC1(C#N)CN=CN1. The monoisotopic (exact) mass is 123 g/mol. The molecule has 0 bridgehead atoms. The van der Waals surface area contributed by atoms with Crippen molar-refractivity contribution in [2.75, 3.05) is 6.54 Å². The van der Waals surface area contributed by atoms with Gasteiger partial charge in [-0.2, -0.15) is 5.26 Å². The van der Waals surface area contributed by atoms with Gasteiger partial charge < -0.3 is 5.32 Å². The van der Waals surface area contributed by atoms with Gasteiger partial charge in [-0.15, -0.1) is 0 Å². The second-order valence-corrected chi connectivity index (χ2v) is 2.16. The van der Waals surface area contributed by atoms with Gasteiger partial charge in [0.2, 0.25) is 0 Å². The van der Waals surface area contributed by atoms with Crippen LogP contribution in [0, 0.1) is 11.3 Å². The van der Waals surface area contributed by atoms with Crippen LogP contribution in [0.2, 0.25) is 0 Å². The van der Waals surface area contributed by atoms with Crippen LogP contribution in [0.3, 0.4) is 0 Å². The average Bonchev–Trinajstić information content (AvgIpc) is 2.36. The highest BCUT2D eigenvalue weighted by Crippen LogP contribution is 2.11. The minimum atomic E-state index is -0.389. The number of rotatable bonds is 1. The summed E-state index contributed by atoms with van der Waals surface area (Å²) in [5.74, 6) is 0. The third-order valence-corrected chi connectivity index (χ3v) is 1.61. The average molecular weight is 123 g/mol. The molecule has 3 nitrogen and oxygen atoms in total. The highest BCUT2D eigenvalue weighted by Gasteiger charge is 2.28. The number of hydrogen-bond acceptors (Lipinski definition) is 3. The Morgan fingerprint density at radius 3 is 3.00 bits per heavy atom. The molecule has 0 aromatic heterocycles. The Kier molecular flexibility index (Phi) is 1.39. The van der Waals surface area contributed by atoms with Gasteiger partial charge in [0.1, 0.15) is 5.54 Å². The maximum Gasteiger partial charge on any atom is 0.145 e. The third kappa shape index (κ3) is 0.879. The Morgan fingerprint density at radius 2 is 2.78 bits per heavy atom. The van der Waals surface area contributed by atoms with Crippen LogP contribution in [0.15, 0.2) is 4.99 Å². The molecule has 0 saturated carbocycles. The predicted molar refractivity (Wildman–Crippen MR) is 35.1 cm³/mol. The molecule has 1 heterocycles. The van der Waals surface area contributed by atoms with Crippen molar-refractivity contribution in [3.05, 3.63) is 0 Å². The normalized spacial score (nSPS) is 31.6. The molecular formula is C6H9N3. The van der Waals surface area contributed by atoms with Crippen molar-refractivity contribution in [1.29, 1.82) is 5.26 Å². The molecule has 0 saturated heterocycles. The fraction of sp³-hybridized carbons (Fsp3) is 0.667. The molecular weight excluding hydrogens is 114 g/mol. The first-order chi connectivity index (χ1) is 4.33. The second-order valence-electron chi connectivity index (χ2n) is 2.16. The van der Waals surface area contributed by atoms with Gasteiger partial charge in [0, 0.05) is 0 Å². The van der Waals surface area contributed by atoms with Gasteiger partial charge in [-0.3, -0.25) is 4.99 Å². The van der Waals surface area contributed by atoms with Crippen LogP contribution in [0.25, 0.3) is 0 Å². The van der Waals surface area contributed by atoms with Gasteiger partial charge in [0.25, 0.3) is 0 Å². The zero-order valence-corrected chi connectivity index (χ0v) is 5.39. The minimum Gasteiger partial charge on any atom is -0.357 e. The molecule has 0 aromatic carbocycles. The zero-order valence-electron chi connectivity index (χ0n) is 5.39. The molecule has 48 valence electrons. The van der Waals surface area contributed by atoms with Crippen LogP contribution >= 0.6 is 0 Å². The molecule has 1 aliphatic heterocycles. The molecule has 0 spiro atoms. The van der Waals surface area contributed by atoms with Crippen LogP contribution in [0.1, 0.15) is 13.3 Å². The van der Waals surface area contributed by atoms with Crippen LogP contribution in [0.4, 0.5) is 0 Å². The van der Waals surface area contributed by atoms with Crippen molar-refractivity contribution in [3.8, 4) is 6.07 Å². The van der Waals surface area contributed by atoms with Crippen molar-refractivity contribution in [1.82, 2.24) is 5.32 Å². The van der Waals surface area contributed by atoms with E-state index in [1.54, 1.807) is 6.34 Å². The number of aliphatic imine (C=N–C) groups is 1. The van der Waals surface area contributed by atoms with Gasteiger partial charge in [-0.25, -0.2) is 0 Å². The summed E-state index contributed by atoms with van der Waals surface area (Å²) in [6.45, 7) is 2.57. The fourth-order valence-corrected chi connectivity index (χ4v) is 0.777. The highest BCUT2D eigenvalue weighted by atomic mass is 15.1. The van der Waals surface area contributed by atoms with Crippen molar-refractivity contribution >= 4 is 6.34 Å². The number of nitrogens with one attached hydrogen (secondary N) is 1. The summed E-state index contributed by atoms with van der Waals surface area (Å²) in [6.07, 6.45) is 2.41. The van der Waals surface area contributed by atoms with E-state index in [0.29, 0.717) is 6.54 Å². The summed E-state index contributed by atoms with van der Waals surface area (Å²) in [4.78, 5) is 3.92. The molecule has 1 N–H and O–H groups in total. The van der Waals surface area contributed by atoms with E-state index >= 15 is 0 Å². The Bertz CT molecular complexity index is 158. The molecule has 0 amide bonds. The van der Waals surface area contributed by atoms with Crippen molar-refractivity contribution in [3.63, 3.8) is 0 Å². The molecule has 3 heteroatoms. The maximum absolute atomic E-state index is 8.62. The van der Waals surface area contributed by atoms with Crippen LogP contribution in [-0.2, 0) is 0 Å². The Morgan fingerprint density at radius 1 is 2.00 bits per heavy atom. The molecule has 0 fully saturated rings. The van der Waals surface area contributed by atoms with E-state index in [-0.39, 0.29) is 5.54 Å². The van der Waals surface area contributed by atoms with Gasteiger partial charge in [-0.05, 0) is 6.42 Å². The van der Waals surface area contributed by atoms with Crippen LogP contribution in [0.5, 0.6) is 0 Å². The molecule has 0 aliphatic carbocycles. The summed E-state index contributed by atoms with van der Waals surface area (Å²) in [5.41, 5.74) is -0.389. The molecule has 1 atom stereocenters. The van der Waals surface area contributed by atoms with E-state index in [1.807, 2.05) is 6.92 Å². The first kappa shape index (κ1) is 6.09. The Labute approximate surface area is 54.4 Å². The standard InChI is InChI=1S/C6H9N3/c1-2-6(3-7)4-8-5-9-6/h5H,2,4H2,1H3,(H,8,9). The third-order valence-electron chi connectivity index (χ3n) is 1.61. The number of hydrogen-bond donors (Lipinski definition) is 1. The molecule has 0 radical (unpaired) electrons. The van der Waals surface area contributed by atoms with E-state index in [2.05, 4.69) is 16.4 Å². The first-order valence-corrected chi connectivity index (χ1v) is 3.00. The maximum atomic E-state index is 8.62. The van der Waals surface area contributed by atoms with Crippen molar-refractivity contribution in [2.24, 2.45) is 4.99 Å². The molecule has 9 heavy (non-hydrogen) atoms. The predicted octanol–water partition coefficient (Wildman–Crippen LogP) is 0.290. The van der Waals surface area contributed by atoms with Gasteiger partial charge >= 0.3 is 0 Å². The van der Waals surface area contributed by atoms with Gasteiger partial charge in [0.15, 0.2) is 0 Å². The van der Waals surface area contributed by atoms with E-state index in [0.717, 1.165) is 6.42 Å². The Hall–Kier alpha value is -1.04. The zero-order chi connectivity index (χ0) is 6.74. The van der Waals surface area contributed by atoms with E-state index in [9.17, 15) is 0 Å². The second kappa shape index (κ2) is 2.06. The Balaban J connectivity index is 2.64. The van der Waals surface area contributed by atoms with E-state index in [4.69, 9.17) is 5.26 Å². The summed E-state index contributed by atoms with van der Waals surface area (Å²) in [6, 6.07) is 2.19. The lowest BCUT2D eigenvalue weighted by Crippen LogP contribution is -2.40. The summed E-state index contributed by atoms with van der Waals surface area (Å²) >= 11 is 0. The largest absolute Gasteiger partial charge is 0.357 e. The smallest absolute Gasteiger partial charge is 0.145 e. The molecule has 1 aliphatic rings.